The first-order valence-electron chi connectivity index (χ1n) is 10.7. The SMILES string of the molecule is CC(C)(C)OC(=O)N1CCCC1c1cc(Cl)cc2c1CN(C(=O)Nc1cnn(C(=O)O)c1)C2. The minimum atomic E-state index is -1.24. The fraction of sp³-hybridized carbons (Fsp3) is 0.455. The lowest BCUT2D eigenvalue weighted by Crippen LogP contribution is -2.36. The Kier molecular flexibility index (Phi) is 5.96. The second-order valence-electron chi connectivity index (χ2n) is 9.21. The Morgan fingerprint density at radius 3 is 2.67 bits per heavy atom. The molecule has 1 aromatic carbocycles. The molecular formula is C22H26ClN5O5. The lowest BCUT2D eigenvalue weighted by atomic mass is 9.96. The third-order valence-electron chi connectivity index (χ3n) is 5.61. The Morgan fingerprint density at radius 2 is 2.00 bits per heavy atom. The molecule has 2 aliphatic rings. The van der Waals surface area contributed by atoms with Gasteiger partial charge in [0.2, 0.25) is 0 Å². The van der Waals surface area contributed by atoms with Gasteiger partial charge in [-0.2, -0.15) is 9.78 Å². The number of ether oxygens (including phenoxy) is 1. The molecule has 1 fully saturated rings. The molecule has 2 aromatic rings. The number of anilines is 1. The number of nitrogens with one attached hydrogen (secondary N) is 1. The van der Waals surface area contributed by atoms with Crippen LogP contribution in [0.4, 0.5) is 20.1 Å². The molecule has 33 heavy (non-hydrogen) atoms. The number of rotatable bonds is 2. The maximum Gasteiger partial charge on any atom is 0.432 e. The zero-order valence-electron chi connectivity index (χ0n) is 18.7. The van der Waals surface area contributed by atoms with E-state index in [0.29, 0.717) is 24.7 Å². The molecule has 0 radical (unpaired) electrons. The summed E-state index contributed by atoms with van der Waals surface area (Å²) in [6.07, 6.45) is 2.53. The van der Waals surface area contributed by atoms with Crippen LogP contribution in [0.1, 0.15) is 56.3 Å². The van der Waals surface area contributed by atoms with E-state index in [4.69, 9.17) is 21.4 Å². The van der Waals surface area contributed by atoms with Crippen LogP contribution in [-0.2, 0) is 17.8 Å². The molecule has 11 heteroatoms. The van der Waals surface area contributed by atoms with Gasteiger partial charge < -0.3 is 25.0 Å². The molecule has 1 unspecified atom stereocenters. The predicted octanol–water partition coefficient (Wildman–Crippen LogP) is 4.68. The van der Waals surface area contributed by atoms with E-state index < -0.39 is 11.7 Å². The van der Waals surface area contributed by atoms with Gasteiger partial charge in [0.15, 0.2) is 0 Å². The van der Waals surface area contributed by atoms with Crippen LogP contribution in [0, 0.1) is 0 Å². The van der Waals surface area contributed by atoms with Crippen molar-refractivity contribution in [3.8, 4) is 0 Å². The van der Waals surface area contributed by atoms with Crippen LogP contribution in [-0.4, -0.2) is 55.1 Å². The number of carboxylic acid groups (broad SMARTS) is 1. The molecule has 2 N–H and O–H groups in total. The van der Waals surface area contributed by atoms with Crippen molar-refractivity contribution in [1.82, 2.24) is 19.6 Å². The first-order valence-corrected chi connectivity index (χ1v) is 11.0. The Bertz CT molecular complexity index is 1110. The van der Waals surface area contributed by atoms with E-state index >= 15 is 0 Å². The summed E-state index contributed by atoms with van der Waals surface area (Å²) in [5, 5.41) is 15.9. The van der Waals surface area contributed by atoms with Gasteiger partial charge in [-0.25, -0.2) is 14.4 Å². The van der Waals surface area contributed by atoms with E-state index in [1.807, 2.05) is 32.9 Å². The predicted molar refractivity (Wildman–Crippen MR) is 120 cm³/mol. The third-order valence-corrected chi connectivity index (χ3v) is 5.83. The molecule has 1 saturated heterocycles. The summed E-state index contributed by atoms with van der Waals surface area (Å²) in [7, 11) is 0. The second kappa shape index (κ2) is 8.58. The monoisotopic (exact) mass is 475 g/mol. The quantitative estimate of drug-likeness (QED) is 0.651. The Balaban J connectivity index is 1.53. The van der Waals surface area contributed by atoms with Gasteiger partial charge in [-0.05, 0) is 62.4 Å². The van der Waals surface area contributed by atoms with E-state index in [9.17, 15) is 14.4 Å². The van der Waals surface area contributed by atoms with E-state index in [-0.39, 0.29) is 23.9 Å². The van der Waals surface area contributed by atoms with Crippen LogP contribution in [0.2, 0.25) is 5.02 Å². The zero-order valence-corrected chi connectivity index (χ0v) is 19.4. The van der Waals surface area contributed by atoms with Crippen LogP contribution < -0.4 is 5.32 Å². The summed E-state index contributed by atoms with van der Waals surface area (Å²) in [4.78, 5) is 39.9. The molecule has 1 aromatic heterocycles. The van der Waals surface area contributed by atoms with Gasteiger partial charge in [0.05, 0.1) is 24.1 Å². The van der Waals surface area contributed by atoms with Crippen molar-refractivity contribution >= 4 is 35.5 Å². The highest BCUT2D eigenvalue weighted by atomic mass is 35.5. The first-order chi connectivity index (χ1) is 15.5. The Morgan fingerprint density at radius 1 is 1.24 bits per heavy atom. The standard InChI is InChI=1S/C22H26ClN5O5/c1-22(2,3)33-21(32)27-6-4-5-18(27)16-8-14(23)7-13-10-26(12-17(13)16)19(29)25-15-9-24-28(11-15)20(30)31/h7-9,11,18H,4-6,10,12H2,1-3H3,(H,25,29)(H,30,31). The lowest BCUT2D eigenvalue weighted by Gasteiger charge is -2.30. The molecule has 0 spiro atoms. The summed E-state index contributed by atoms with van der Waals surface area (Å²) < 4.78 is 6.32. The number of fused-ring (bicyclic) bond motifs is 1. The number of carbonyl (C=O) groups is 3. The number of urea groups is 1. The summed E-state index contributed by atoms with van der Waals surface area (Å²) in [5.41, 5.74) is 2.50. The molecule has 0 bridgehead atoms. The van der Waals surface area contributed by atoms with Crippen LogP contribution in [0.5, 0.6) is 0 Å². The fourth-order valence-corrected chi connectivity index (χ4v) is 4.52. The molecule has 1 atom stereocenters. The highest BCUT2D eigenvalue weighted by Crippen LogP contribution is 2.40. The molecule has 176 valence electrons. The number of amides is 3. The molecule has 2 aliphatic heterocycles. The van der Waals surface area contributed by atoms with Crippen LogP contribution in [0.15, 0.2) is 24.5 Å². The average Bonchev–Trinajstić information content (AvgIpc) is 3.44. The summed E-state index contributed by atoms with van der Waals surface area (Å²) in [6.45, 7) is 6.80. The number of hydrogen-bond acceptors (Lipinski definition) is 5. The van der Waals surface area contributed by atoms with Crippen molar-refractivity contribution in [2.45, 2.75) is 58.3 Å². The number of aromatic nitrogens is 2. The maximum atomic E-state index is 12.8. The van der Waals surface area contributed by atoms with E-state index in [1.165, 1.54) is 12.4 Å². The van der Waals surface area contributed by atoms with Crippen molar-refractivity contribution in [3.63, 3.8) is 0 Å². The van der Waals surface area contributed by atoms with Gasteiger partial charge in [0.1, 0.15) is 5.60 Å². The van der Waals surface area contributed by atoms with Crippen molar-refractivity contribution in [2.75, 3.05) is 11.9 Å². The van der Waals surface area contributed by atoms with Gasteiger partial charge in [-0.1, -0.05) is 11.6 Å². The van der Waals surface area contributed by atoms with Gasteiger partial charge in [0, 0.05) is 24.7 Å². The van der Waals surface area contributed by atoms with Crippen molar-refractivity contribution in [1.29, 1.82) is 0 Å². The van der Waals surface area contributed by atoms with Crippen LogP contribution >= 0.6 is 11.6 Å². The molecule has 0 saturated carbocycles. The van der Waals surface area contributed by atoms with E-state index in [2.05, 4.69) is 10.4 Å². The number of hydrogen-bond donors (Lipinski definition) is 2. The zero-order chi connectivity index (χ0) is 23.9. The summed E-state index contributed by atoms with van der Waals surface area (Å²) in [6, 6.07) is 3.15. The molecule has 0 aliphatic carbocycles. The smallest absolute Gasteiger partial charge is 0.432 e. The van der Waals surface area contributed by atoms with Crippen molar-refractivity contribution < 1.29 is 24.2 Å². The topological polar surface area (TPSA) is 117 Å². The number of halogens is 1. The van der Waals surface area contributed by atoms with Crippen LogP contribution in [0.25, 0.3) is 0 Å². The van der Waals surface area contributed by atoms with E-state index in [1.54, 1.807) is 9.80 Å². The normalized spacial score (nSPS) is 17.8. The number of benzene rings is 1. The van der Waals surface area contributed by atoms with Crippen LogP contribution in [0.3, 0.4) is 0 Å². The summed E-state index contributed by atoms with van der Waals surface area (Å²) in [5.74, 6) is 0. The first kappa shape index (κ1) is 22.9. The second-order valence-corrected chi connectivity index (χ2v) is 9.64. The summed E-state index contributed by atoms with van der Waals surface area (Å²) >= 11 is 6.41. The van der Waals surface area contributed by atoms with Gasteiger partial charge >= 0.3 is 18.2 Å². The molecular weight excluding hydrogens is 450 g/mol. The Hall–Kier alpha value is -3.27. The minimum absolute atomic E-state index is 0.177. The third kappa shape index (κ3) is 4.90. The molecule has 3 heterocycles. The molecule has 10 nitrogen and oxygen atoms in total. The fourth-order valence-electron chi connectivity index (χ4n) is 4.27. The largest absolute Gasteiger partial charge is 0.463 e. The average molecular weight is 476 g/mol. The van der Waals surface area contributed by atoms with Gasteiger partial charge in [-0.3, -0.25) is 0 Å². The van der Waals surface area contributed by atoms with E-state index in [0.717, 1.165) is 34.2 Å². The number of likely N-dealkylation sites (tertiary alicyclic amines) is 1. The molecule has 4 rings (SSSR count). The lowest BCUT2D eigenvalue weighted by molar-refractivity contribution is 0.0223. The minimum Gasteiger partial charge on any atom is -0.463 e. The number of carbonyl (C=O) groups excluding carboxylic acids is 2. The molecule has 3 amide bonds. The van der Waals surface area contributed by atoms with Gasteiger partial charge in [0.25, 0.3) is 0 Å². The van der Waals surface area contributed by atoms with Crippen molar-refractivity contribution in [3.05, 3.63) is 46.2 Å². The maximum absolute atomic E-state index is 12.8. The Labute approximate surface area is 196 Å². The highest BCUT2D eigenvalue weighted by Gasteiger charge is 2.37. The highest BCUT2D eigenvalue weighted by molar-refractivity contribution is 6.30. The number of nitrogens with zero attached hydrogens (tertiary/aromatic N) is 4. The van der Waals surface area contributed by atoms with Crippen molar-refractivity contribution in [2.24, 2.45) is 0 Å². The van der Waals surface area contributed by atoms with Gasteiger partial charge in [-0.15, -0.1) is 0 Å².